The molecular formula is C19H12N4O2S2. The quantitative estimate of drug-likeness (QED) is 0.297. The van der Waals surface area contributed by atoms with Gasteiger partial charge in [-0.2, -0.15) is 4.98 Å². The Morgan fingerprint density at radius 3 is 2.74 bits per heavy atom. The predicted molar refractivity (Wildman–Crippen MR) is 104 cm³/mol. The zero-order chi connectivity index (χ0) is 18.1. The predicted octanol–water partition coefficient (Wildman–Crippen LogP) is 5.29. The Bertz CT molecular complexity index is 1180. The van der Waals surface area contributed by atoms with Crippen molar-refractivity contribution in [1.29, 1.82) is 0 Å². The van der Waals surface area contributed by atoms with Crippen LogP contribution in [0.15, 0.2) is 74.1 Å². The third-order valence-corrected chi connectivity index (χ3v) is 5.69. The normalized spacial score (nSPS) is 11.3. The van der Waals surface area contributed by atoms with Crippen LogP contribution >= 0.6 is 23.1 Å². The van der Waals surface area contributed by atoms with Crippen molar-refractivity contribution in [2.75, 3.05) is 0 Å². The van der Waals surface area contributed by atoms with E-state index < -0.39 is 0 Å². The minimum absolute atomic E-state index is 0.447. The lowest BCUT2D eigenvalue weighted by atomic mass is 10.2. The van der Waals surface area contributed by atoms with Crippen LogP contribution in [0.2, 0.25) is 0 Å². The van der Waals surface area contributed by atoms with Crippen LogP contribution in [0.25, 0.3) is 33.2 Å². The van der Waals surface area contributed by atoms with Crippen LogP contribution in [0.5, 0.6) is 0 Å². The van der Waals surface area contributed by atoms with E-state index in [0.717, 1.165) is 26.6 Å². The molecule has 27 heavy (non-hydrogen) atoms. The number of aromatic nitrogens is 4. The Morgan fingerprint density at radius 1 is 0.926 bits per heavy atom. The second-order valence-corrected chi connectivity index (χ2v) is 7.54. The topological polar surface area (TPSA) is 77.8 Å². The lowest BCUT2D eigenvalue weighted by Crippen LogP contribution is -1.93. The van der Waals surface area contributed by atoms with Crippen molar-refractivity contribution in [3.63, 3.8) is 0 Å². The van der Waals surface area contributed by atoms with Gasteiger partial charge in [-0.05, 0) is 29.6 Å². The first-order chi connectivity index (χ1) is 13.4. The van der Waals surface area contributed by atoms with Crippen molar-refractivity contribution in [2.45, 2.75) is 10.8 Å². The summed E-state index contributed by atoms with van der Waals surface area (Å²) >= 11 is 3.18. The molecule has 0 aliphatic carbocycles. The monoisotopic (exact) mass is 392 g/mol. The second kappa shape index (κ2) is 6.98. The third-order valence-electron chi connectivity index (χ3n) is 3.85. The second-order valence-electron chi connectivity index (χ2n) is 5.62. The molecule has 4 heterocycles. The van der Waals surface area contributed by atoms with E-state index >= 15 is 0 Å². The Morgan fingerprint density at radius 2 is 1.89 bits per heavy atom. The van der Waals surface area contributed by atoms with Gasteiger partial charge in [0.05, 0.1) is 22.4 Å². The number of rotatable bonds is 5. The molecule has 0 spiro atoms. The van der Waals surface area contributed by atoms with Crippen LogP contribution in [0.3, 0.4) is 0 Å². The van der Waals surface area contributed by atoms with Gasteiger partial charge in [0.2, 0.25) is 11.7 Å². The van der Waals surface area contributed by atoms with Crippen molar-refractivity contribution in [2.24, 2.45) is 0 Å². The summed E-state index contributed by atoms with van der Waals surface area (Å²) in [7, 11) is 0. The van der Waals surface area contributed by atoms with E-state index in [1.807, 2.05) is 41.8 Å². The summed E-state index contributed by atoms with van der Waals surface area (Å²) in [6, 6.07) is 15.6. The number of para-hydroxylation sites is 1. The maximum atomic E-state index is 5.34. The molecule has 8 heteroatoms. The van der Waals surface area contributed by atoms with E-state index in [4.69, 9.17) is 18.9 Å². The van der Waals surface area contributed by atoms with Crippen molar-refractivity contribution >= 4 is 34.0 Å². The molecule has 132 valence electrons. The first-order valence-electron chi connectivity index (χ1n) is 8.17. The largest absolute Gasteiger partial charge is 0.461 e. The van der Waals surface area contributed by atoms with Gasteiger partial charge < -0.3 is 8.94 Å². The SMILES string of the molecule is c1coc(-c2noc(CSc3nc(-c4cccs4)nc4ccccc34)n2)c1. The van der Waals surface area contributed by atoms with Crippen LogP contribution in [-0.2, 0) is 5.75 Å². The summed E-state index contributed by atoms with van der Waals surface area (Å²) in [5.41, 5.74) is 0.917. The van der Waals surface area contributed by atoms with Gasteiger partial charge in [0, 0.05) is 5.39 Å². The summed E-state index contributed by atoms with van der Waals surface area (Å²) in [6.45, 7) is 0. The molecule has 6 nitrogen and oxygen atoms in total. The number of thioether (sulfide) groups is 1. The lowest BCUT2D eigenvalue weighted by Gasteiger charge is -2.06. The molecular weight excluding hydrogens is 380 g/mol. The maximum absolute atomic E-state index is 5.34. The number of nitrogens with zero attached hydrogens (tertiary/aromatic N) is 4. The van der Waals surface area contributed by atoms with Crippen molar-refractivity contribution in [1.82, 2.24) is 20.1 Å². The smallest absolute Gasteiger partial charge is 0.238 e. The minimum atomic E-state index is 0.447. The van der Waals surface area contributed by atoms with Gasteiger partial charge in [-0.3, -0.25) is 0 Å². The highest BCUT2D eigenvalue weighted by Gasteiger charge is 2.14. The molecule has 0 unspecified atom stereocenters. The molecule has 0 radical (unpaired) electrons. The van der Waals surface area contributed by atoms with Gasteiger partial charge in [0.25, 0.3) is 0 Å². The number of hydrogen-bond acceptors (Lipinski definition) is 8. The van der Waals surface area contributed by atoms with Crippen LogP contribution in [-0.4, -0.2) is 20.1 Å². The molecule has 0 saturated heterocycles. The average Bonchev–Trinajstić information content (AvgIpc) is 3.48. The summed E-state index contributed by atoms with van der Waals surface area (Å²) in [5.74, 6) is 2.79. The maximum Gasteiger partial charge on any atom is 0.238 e. The van der Waals surface area contributed by atoms with E-state index in [9.17, 15) is 0 Å². The molecule has 0 amide bonds. The molecule has 0 bridgehead atoms. The Labute approximate surface area is 162 Å². The van der Waals surface area contributed by atoms with Crippen LogP contribution < -0.4 is 0 Å². The minimum Gasteiger partial charge on any atom is -0.461 e. The zero-order valence-corrected chi connectivity index (χ0v) is 15.5. The fourth-order valence-corrected chi connectivity index (χ4v) is 4.14. The zero-order valence-electron chi connectivity index (χ0n) is 13.9. The molecule has 4 aromatic heterocycles. The van der Waals surface area contributed by atoms with Crippen molar-refractivity contribution < 1.29 is 8.94 Å². The van der Waals surface area contributed by atoms with Gasteiger partial charge >= 0.3 is 0 Å². The summed E-state index contributed by atoms with van der Waals surface area (Å²) < 4.78 is 10.6. The highest BCUT2D eigenvalue weighted by Crippen LogP contribution is 2.31. The summed E-state index contributed by atoms with van der Waals surface area (Å²) in [4.78, 5) is 14.9. The van der Waals surface area contributed by atoms with E-state index in [2.05, 4.69) is 10.1 Å². The van der Waals surface area contributed by atoms with E-state index in [1.165, 1.54) is 0 Å². The molecule has 0 aliphatic rings. The molecule has 1 aromatic carbocycles. The fourth-order valence-electron chi connectivity index (χ4n) is 2.62. The van der Waals surface area contributed by atoms with Gasteiger partial charge in [-0.1, -0.05) is 41.2 Å². The standard InChI is InChI=1S/C19H12N4O2S2/c1-2-6-13-12(5-1)19(22-18(20-13)15-8-4-10-26-15)27-11-16-21-17(23-25-16)14-7-3-9-24-14/h1-10H,11H2. The first-order valence-corrected chi connectivity index (χ1v) is 10.0. The molecule has 0 saturated carbocycles. The Balaban J connectivity index is 1.46. The van der Waals surface area contributed by atoms with Crippen LogP contribution in [0.1, 0.15) is 5.89 Å². The van der Waals surface area contributed by atoms with Gasteiger partial charge in [-0.15, -0.1) is 11.3 Å². The molecule has 0 atom stereocenters. The van der Waals surface area contributed by atoms with Crippen LogP contribution in [0, 0.1) is 0 Å². The molecule has 5 rings (SSSR count). The van der Waals surface area contributed by atoms with E-state index in [0.29, 0.717) is 23.2 Å². The molecule has 0 N–H and O–H groups in total. The molecule has 5 aromatic rings. The van der Waals surface area contributed by atoms with Crippen LogP contribution in [0.4, 0.5) is 0 Å². The number of fused-ring (bicyclic) bond motifs is 1. The summed E-state index contributed by atoms with van der Waals surface area (Å²) in [6.07, 6.45) is 1.58. The third kappa shape index (κ3) is 3.24. The van der Waals surface area contributed by atoms with Crippen molar-refractivity contribution in [3.8, 4) is 22.3 Å². The summed E-state index contributed by atoms with van der Waals surface area (Å²) in [5, 5.41) is 7.89. The number of furan rings is 1. The van der Waals surface area contributed by atoms with Gasteiger partial charge in [-0.25, -0.2) is 9.97 Å². The fraction of sp³-hybridized carbons (Fsp3) is 0.0526. The van der Waals surface area contributed by atoms with E-state index in [1.54, 1.807) is 41.5 Å². The molecule has 0 fully saturated rings. The lowest BCUT2D eigenvalue weighted by molar-refractivity contribution is 0.390. The van der Waals surface area contributed by atoms with Gasteiger partial charge in [0.1, 0.15) is 5.03 Å². The number of thiophene rings is 1. The number of benzene rings is 1. The molecule has 0 aliphatic heterocycles. The van der Waals surface area contributed by atoms with E-state index in [-0.39, 0.29) is 0 Å². The first kappa shape index (κ1) is 16.2. The van der Waals surface area contributed by atoms with Crippen molar-refractivity contribution in [3.05, 3.63) is 66.1 Å². The highest BCUT2D eigenvalue weighted by molar-refractivity contribution is 7.98. The Kier molecular flexibility index (Phi) is 4.19. The van der Waals surface area contributed by atoms with Gasteiger partial charge in [0.15, 0.2) is 11.6 Å². The highest BCUT2D eigenvalue weighted by atomic mass is 32.2. The number of hydrogen-bond donors (Lipinski definition) is 0. The average molecular weight is 392 g/mol. The Hall–Kier alpha value is -2.97.